The number of benzene rings is 4. The van der Waals surface area contributed by atoms with E-state index in [9.17, 15) is 23.7 Å². The minimum Gasteiger partial charge on any atom is -0.457 e. The maximum Gasteiger partial charge on any atom is 0.338 e. The third kappa shape index (κ3) is 9.40. The Morgan fingerprint density at radius 3 is 1.29 bits per heavy atom. The van der Waals surface area contributed by atoms with Gasteiger partial charge in [-0.3, -0.25) is 9.59 Å². The summed E-state index contributed by atoms with van der Waals surface area (Å²) in [6.45, 7) is 16.4. The van der Waals surface area contributed by atoms with Crippen LogP contribution < -0.4 is 0 Å². The summed E-state index contributed by atoms with van der Waals surface area (Å²) in [5, 5.41) is 0. The van der Waals surface area contributed by atoms with Gasteiger partial charge in [0.15, 0.2) is 0 Å². The zero-order chi connectivity index (χ0) is 38.0. The van der Waals surface area contributed by atoms with Gasteiger partial charge in [-0.05, 0) is 103 Å². The first-order valence-electron chi connectivity index (χ1n) is 17.5. The molecular weight excluding hydrogens is 671 g/mol. The topological polar surface area (TPSA) is 104 Å². The molecule has 0 spiro atoms. The molecule has 270 valence electrons. The quantitative estimate of drug-likeness (QED) is 0.0608. The number of ether oxygens (including phenoxy) is 2. The van der Waals surface area contributed by atoms with Crippen LogP contribution in [0.4, 0.5) is 0 Å². The maximum atomic E-state index is 14.9. The van der Waals surface area contributed by atoms with Gasteiger partial charge < -0.3 is 14.0 Å². The molecule has 7 nitrogen and oxygen atoms in total. The Bertz CT molecular complexity index is 1850. The van der Waals surface area contributed by atoms with E-state index in [4.69, 9.17) is 9.47 Å². The van der Waals surface area contributed by atoms with Crippen molar-refractivity contribution in [1.82, 2.24) is 0 Å². The molecule has 0 saturated heterocycles. The fourth-order valence-corrected chi connectivity index (χ4v) is 9.03. The van der Waals surface area contributed by atoms with Gasteiger partial charge in [-0.2, -0.15) is 0 Å². The lowest BCUT2D eigenvalue weighted by Crippen LogP contribution is -2.18. The Labute approximate surface area is 307 Å². The smallest absolute Gasteiger partial charge is 0.338 e. The summed E-state index contributed by atoms with van der Waals surface area (Å²) in [4.78, 5) is 54.1. The van der Waals surface area contributed by atoms with Crippen molar-refractivity contribution in [1.29, 1.82) is 0 Å². The molecule has 0 heterocycles. The van der Waals surface area contributed by atoms with Crippen LogP contribution in [0.5, 0.6) is 0 Å². The van der Waals surface area contributed by atoms with Crippen LogP contribution in [0.25, 0.3) is 12.2 Å². The number of hydrogen-bond acceptors (Lipinski definition) is 7. The molecule has 0 fully saturated rings. The molecular formula is C44H47O7P. The van der Waals surface area contributed by atoms with Crippen LogP contribution in [0.2, 0.25) is 0 Å². The van der Waals surface area contributed by atoms with Crippen LogP contribution >= 0.6 is 7.14 Å². The Balaban J connectivity index is 1.57. The highest BCUT2D eigenvalue weighted by atomic mass is 31.2. The Morgan fingerprint density at radius 2 is 0.962 bits per heavy atom. The van der Waals surface area contributed by atoms with Crippen molar-refractivity contribution in [3.05, 3.63) is 153 Å². The number of aryl methyl sites for hydroxylation is 4. The summed E-state index contributed by atoms with van der Waals surface area (Å²) in [5.41, 5.74) is 5.32. The van der Waals surface area contributed by atoms with Crippen molar-refractivity contribution in [3.8, 4) is 0 Å². The molecule has 0 aliphatic heterocycles. The largest absolute Gasteiger partial charge is 0.457 e. The highest BCUT2D eigenvalue weighted by Crippen LogP contribution is 2.54. The first-order chi connectivity index (χ1) is 24.8. The molecule has 4 aromatic carbocycles. The monoisotopic (exact) mass is 718 g/mol. The lowest BCUT2D eigenvalue weighted by atomic mass is 10.00. The molecule has 0 unspecified atom stereocenters. The van der Waals surface area contributed by atoms with Gasteiger partial charge in [0.05, 0.1) is 11.1 Å². The number of carbonyl (C=O) groups is 4. The minimum atomic E-state index is -4.14. The van der Waals surface area contributed by atoms with E-state index in [0.29, 0.717) is 50.9 Å². The summed E-state index contributed by atoms with van der Waals surface area (Å²) in [5.74, 6) is -0.969. The zero-order valence-corrected chi connectivity index (χ0v) is 31.6. The second kappa shape index (κ2) is 17.9. The molecule has 0 aliphatic carbocycles. The van der Waals surface area contributed by atoms with Crippen molar-refractivity contribution in [2.45, 2.75) is 73.5 Å². The predicted octanol–water partition coefficient (Wildman–Crippen LogP) is 10.8. The minimum absolute atomic E-state index is 0.0204. The van der Waals surface area contributed by atoms with E-state index < -0.39 is 30.1 Å². The van der Waals surface area contributed by atoms with Crippen molar-refractivity contribution in [2.75, 3.05) is 6.16 Å². The molecule has 0 amide bonds. The van der Waals surface area contributed by atoms with E-state index in [0.717, 1.165) is 30.4 Å². The van der Waals surface area contributed by atoms with Crippen LogP contribution in [0, 0.1) is 27.7 Å². The Hall–Kier alpha value is -5.13. The summed E-state index contributed by atoms with van der Waals surface area (Å²) in [6, 6.07) is 20.7. The summed E-state index contributed by atoms with van der Waals surface area (Å²) < 4.78 is 26.0. The van der Waals surface area contributed by atoms with Crippen molar-refractivity contribution in [2.24, 2.45) is 0 Å². The van der Waals surface area contributed by atoms with Gasteiger partial charge in [0.2, 0.25) is 18.2 Å². The number of esters is 2. The van der Waals surface area contributed by atoms with Gasteiger partial charge >= 0.3 is 11.9 Å². The third-order valence-electron chi connectivity index (χ3n) is 9.10. The van der Waals surface area contributed by atoms with Crippen LogP contribution in [-0.4, -0.2) is 29.1 Å². The molecule has 4 rings (SSSR count). The number of hydrogen-bond donors (Lipinski definition) is 0. The van der Waals surface area contributed by atoms with E-state index in [2.05, 4.69) is 20.1 Å². The molecule has 4 aromatic rings. The van der Waals surface area contributed by atoms with Gasteiger partial charge in [0.25, 0.3) is 0 Å². The molecule has 0 saturated carbocycles. The van der Waals surface area contributed by atoms with E-state index in [1.54, 1.807) is 113 Å². The normalized spacial score (nSPS) is 11.1. The fraction of sp³-hybridized carbons (Fsp3) is 0.273. The van der Waals surface area contributed by atoms with Gasteiger partial charge in [-0.15, -0.1) is 0 Å². The zero-order valence-electron chi connectivity index (χ0n) is 30.8. The van der Waals surface area contributed by atoms with E-state index in [-0.39, 0.29) is 30.5 Å². The Kier molecular flexibility index (Phi) is 13.6. The lowest BCUT2D eigenvalue weighted by molar-refractivity contribution is 0.0464. The van der Waals surface area contributed by atoms with E-state index >= 15 is 0 Å². The fourth-order valence-electron chi connectivity index (χ4n) is 6.34. The molecule has 0 aromatic heterocycles. The maximum absolute atomic E-state index is 14.9. The average Bonchev–Trinajstić information content (AvgIpc) is 3.13. The molecule has 0 radical (unpaired) electrons. The Morgan fingerprint density at radius 1 is 0.596 bits per heavy atom. The lowest BCUT2D eigenvalue weighted by Gasteiger charge is -2.21. The van der Waals surface area contributed by atoms with Gasteiger partial charge in [-0.1, -0.05) is 100 Å². The SMILES string of the molecule is C=Cc1ccc(C(=O)OCc2cc(C)c(C(=O)P(=O)(CCCCCC)C(=O)c3c(C)cc(COC(=O)c4ccc(C=C)cc4)cc3C)c(C)c2)cc1. The molecule has 0 aliphatic rings. The first-order valence-corrected chi connectivity index (χ1v) is 19.4. The van der Waals surface area contributed by atoms with Crippen molar-refractivity contribution in [3.63, 3.8) is 0 Å². The summed E-state index contributed by atoms with van der Waals surface area (Å²) in [7, 11) is -4.14. The molecule has 8 heteroatoms. The molecule has 52 heavy (non-hydrogen) atoms. The summed E-state index contributed by atoms with van der Waals surface area (Å²) >= 11 is 0. The van der Waals surface area contributed by atoms with Crippen LogP contribution in [0.1, 0.15) is 119 Å². The van der Waals surface area contributed by atoms with Crippen LogP contribution in [-0.2, 0) is 27.3 Å². The standard InChI is InChI=1S/C44H47O7P/c1-8-11-12-13-22-52(49,43(47)39-29(4)23-35(24-30(39)5)27-50-41(45)37-18-14-33(9-2)15-19-37)44(48)40-31(6)25-36(26-32(40)7)28-51-42(46)38-20-16-34(10-3)17-21-38/h9-10,14-21,23-26H,2-3,8,11-13,22,27-28H2,1,4-7H3. The number of rotatable bonds is 17. The predicted molar refractivity (Wildman–Crippen MR) is 208 cm³/mol. The second-order valence-electron chi connectivity index (χ2n) is 13.1. The van der Waals surface area contributed by atoms with Crippen LogP contribution in [0.3, 0.4) is 0 Å². The summed E-state index contributed by atoms with van der Waals surface area (Å²) in [6.07, 6.45) is 6.41. The third-order valence-corrected chi connectivity index (χ3v) is 11.8. The second-order valence-corrected chi connectivity index (χ2v) is 15.9. The van der Waals surface area contributed by atoms with Gasteiger partial charge in [-0.25, -0.2) is 9.59 Å². The molecule has 0 atom stereocenters. The van der Waals surface area contributed by atoms with Crippen molar-refractivity contribution >= 4 is 42.3 Å². The van der Waals surface area contributed by atoms with Crippen LogP contribution in [0.15, 0.2) is 86.0 Å². The van der Waals surface area contributed by atoms with E-state index in [1.807, 2.05) is 0 Å². The highest BCUT2D eigenvalue weighted by Gasteiger charge is 2.42. The number of unbranched alkanes of at least 4 members (excludes halogenated alkanes) is 3. The molecule has 0 N–H and O–H groups in total. The first kappa shape index (κ1) is 39.7. The average molecular weight is 719 g/mol. The number of carbonyl (C=O) groups excluding carboxylic acids is 4. The van der Waals surface area contributed by atoms with Gasteiger partial charge in [0.1, 0.15) is 13.2 Å². The molecule has 0 bridgehead atoms. The van der Waals surface area contributed by atoms with Gasteiger partial charge in [0, 0.05) is 17.3 Å². The van der Waals surface area contributed by atoms with E-state index in [1.165, 1.54) is 0 Å². The highest BCUT2D eigenvalue weighted by molar-refractivity contribution is 7.95. The van der Waals surface area contributed by atoms with Crippen molar-refractivity contribution < 1.29 is 33.2 Å².